The highest BCUT2D eigenvalue weighted by Gasteiger charge is 2.09. The molecule has 0 saturated heterocycles. The molecule has 0 aliphatic rings. The van der Waals surface area contributed by atoms with Gasteiger partial charge in [0, 0.05) is 17.3 Å². The number of rotatable bonds is 3. The summed E-state index contributed by atoms with van der Waals surface area (Å²) < 4.78 is 5.77. The maximum Gasteiger partial charge on any atom is 0.154 e. The van der Waals surface area contributed by atoms with Crippen LogP contribution in [0, 0.1) is 0 Å². The van der Waals surface area contributed by atoms with Gasteiger partial charge in [0.05, 0.1) is 0 Å². The molecule has 4 heteroatoms. The van der Waals surface area contributed by atoms with E-state index in [0.717, 1.165) is 34.0 Å². The SMILES string of the molecule is CNCc1nc(-c2cc3ccccc3o2)cs1. The lowest BCUT2D eigenvalue weighted by Gasteiger charge is -1.91. The number of para-hydroxylation sites is 1. The molecule has 0 amide bonds. The summed E-state index contributed by atoms with van der Waals surface area (Å²) in [4.78, 5) is 4.53. The molecule has 2 aromatic heterocycles. The first-order valence-electron chi connectivity index (χ1n) is 5.45. The second kappa shape index (κ2) is 4.31. The molecule has 1 N–H and O–H groups in total. The summed E-state index contributed by atoms with van der Waals surface area (Å²) in [6, 6.07) is 10.0. The molecular formula is C13H12N2OS. The molecule has 86 valence electrons. The minimum atomic E-state index is 0.797. The molecule has 3 nitrogen and oxygen atoms in total. The minimum Gasteiger partial charge on any atom is -0.454 e. The van der Waals surface area contributed by atoms with E-state index in [2.05, 4.69) is 10.3 Å². The van der Waals surface area contributed by atoms with Crippen LogP contribution in [0.2, 0.25) is 0 Å². The normalized spacial score (nSPS) is 11.1. The van der Waals surface area contributed by atoms with Gasteiger partial charge in [0.15, 0.2) is 5.76 Å². The van der Waals surface area contributed by atoms with Gasteiger partial charge in [0.2, 0.25) is 0 Å². The monoisotopic (exact) mass is 244 g/mol. The zero-order valence-corrected chi connectivity index (χ0v) is 10.3. The molecule has 0 aliphatic heterocycles. The fourth-order valence-electron chi connectivity index (χ4n) is 1.76. The van der Waals surface area contributed by atoms with E-state index in [4.69, 9.17) is 4.42 Å². The lowest BCUT2D eigenvalue weighted by atomic mass is 10.2. The van der Waals surface area contributed by atoms with Gasteiger partial charge < -0.3 is 9.73 Å². The van der Waals surface area contributed by atoms with E-state index in [-0.39, 0.29) is 0 Å². The molecule has 3 aromatic rings. The number of benzene rings is 1. The summed E-state index contributed by atoms with van der Waals surface area (Å²) in [5, 5.41) is 7.31. The van der Waals surface area contributed by atoms with E-state index in [0.29, 0.717) is 0 Å². The smallest absolute Gasteiger partial charge is 0.154 e. The topological polar surface area (TPSA) is 38.1 Å². The second-order valence-electron chi connectivity index (χ2n) is 3.81. The van der Waals surface area contributed by atoms with Crippen molar-refractivity contribution in [3.05, 3.63) is 40.7 Å². The number of furan rings is 1. The first kappa shape index (κ1) is 10.5. The van der Waals surface area contributed by atoms with Gasteiger partial charge in [-0.2, -0.15) is 0 Å². The maximum atomic E-state index is 5.77. The Hall–Kier alpha value is -1.65. The fourth-order valence-corrected chi connectivity index (χ4v) is 2.56. The average Bonchev–Trinajstić information content (AvgIpc) is 2.94. The lowest BCUT2D eigenvalue weighted by molar-refractivity contribution is 0.628. The molecule has 0 saturated carbocycles. The van der Waals surface area contributed by atoms with Crippen LogP contribution >= 0.6 is 11.3 Å². The Morgan fingerprint density at radius 1 is 1.35 bits per heavy atom. The number of hydrogen-bond acceptors (Lipinski definition) is 4. The Kier molecular flexibility index (Phi) is 2.66. The summed E-state index contributed by atoms with van der Waals surface area (Å²) in [6.07, 6.45) is 0. The van der Waals surface area contributed by atoms with E-state index in [1.54, 1.807) is 11.3 Å². The second-order valence-corrected chi connectivity index (χ2v) is 4.75. The van der Waals surface area contributed by atoms with Crippen LogP contribution in [0.4, 0.5) is 0 Å². The van der Waals surface area contributed by atoms with Crippen LogP contribution in [0.25, 0.3) is 22.4 Å². The van der Waals surface area contributed by atoms with Gasteiger partial charge in [-0.1, -0.05) is 18.2 Å². The number of nitrogens with zero attached hydrogens (tertiary/aromatic N) is 1. The van der Waals surface area contributed by atoms with Crippen LogP contribution in [-0.4, -0.2) is 12.0 Å². The highest BCUT2D eigenvalue weighted by atomic mass is 32.1. The largest absolute Gasteiger partial charge is 0.454 e. The zero-order valence-electron chi connectivity index (χ0n) is 9.43. The predicted octanol–water partition coefficient (Wildman–Crippen LogP) is 3.28. The van der Waals surface area contributed by atoms with Crippen molar-refractivity contribution in [1.29, 1.82) is 0 Å². The molecule has 0 unspecified atom stereocenters. The van der Waals surface area contributed by atoms with Gasteiger partial charge in [-0.15, -0.1) is 11.3 Å². The molecule has 0 bridgehead atoms. The summed E-state index contributed by atoms with van der Waals surface area (Å²) in [5.41, 5.74) is 1.82. The Balaban J connectivity index is 2.01. The standard InChI is InChI=1S/C13H12N2OS/c1-14-7-13-15-10(8-17-13)12-6-9-4-2-3-5-11(9)16-12/h2-6,8,14H,7H2,1H3. The van der Waals surface area contributed by atoms with E-state index >= 15 is 0 Å². The Bertz CT molecular complexity index is 608. The summed E-state index contributed by atoms with van der Waals surface area (Å²) in [5.74, 6) is 0.838. The Morgan fingerprint density at radius 2 is 2.24 bits per heavy atom. The summed E-state index contributed by atoms with van der Waals surface area (Å²) in [7, 11) is 1.92. The average molecular weight is 244 g/mol. The molecule has 0 spiro atoms. The van der Waals surface area contributed by atoms with Crippen LogP contribution in [-0.2, 0) is 6.54 Å². The third-order valence-electron chi connectivity index (χ3n) is 2.56. The van der Waals surface area contributed by atoms with Gasteiger partial charge in [-0.3, -0.25) is 0 Å². The van der Waals surface area contributed by atoms with E-state index in [1.807, 2.05) is 42.8 Å². The van der Waals surface area contributed by atoms with Crippen molar-refractivity contribution in [2.45, 2.75) is 6.54 Å². The zero-order chi connectivity index (χ0) is 11.7. The van der Waals surface area contributed by atoms with Crippen molar-refractivity contribution in [3.8, 4) is 11.5 Å². The quantitative estimate of drug-likeness (QED) is 0.768. The van der Waals surface area contributed by atoms with Gasteiger partial charge in [0.1, 0.15) is 16.3 Å². The van der Waals surface area contributed by atoms with Crippen molar-refractivity contribution in [2.75, 3.05) is 7.05 Å². The third-order valence-corrected chi connectivity index (χ3v) is 3.41. The van der Waals surface area contributed by atoms with Gasteiger partial charge in [0.25, 0.3) is 0 Å². The van der Waals surface area contributed by atoms with Gasteiger partial charge >= 0.3 is 0 Å². The van der Waals surface area contributed by atoms with Crippen LogP contribution in [0.15, 0.2) is 40.1 Å². The summed E-state index contributed by atoms with van der Waals surface area (Å²) >= 11 is 1.65. The van der Waals surface area contributed by atoms with Gasteiger partial charge in [-0.25, -0.2) is 4.98 Å². The van der Waals surface area contributed by atoms with Crippen molar-refractivity contribution >= 4 is 22.3 Å². The lowest BCUT2D eigenvalue weighted by Crippen LogP contribution is -2.04. The Labute approximate surface area is 103 Å². The highest BCUT2D eigenvalue weighted by Crippen LogP contribution is 2.28. The van der Waals surface area contributed by atoms with Crippen molar-refractivity contribution in [3.63, 3.8) is 0 Å². The van der Waals surface area contributed by atoms with E-state index in [9.17, 15) is 0 Å². The first-order chi connectivity index (χ1) is 8.36. The minimum absolute atomic E-state index is 0.797. The predicted molar refractivity (Wildman–Crippen MR) is 70.1 cm³/mol. The van der Waals surface area contributed by atoms with Crippen LogP contribution in [0.5, 0.6) is 0 Å². The van der Waals surface area contributed by atoms with Crippen LogP contribution < -0.4 is 5.32 Å². The highest BCUT2D eigenvalue weighted by molar-refractivity contribution is 7.09. The maximum absolute atomic E-state index is 5.77. The molecule has 1 aromatic carbocycles. The number of nitrogens with one attached hydrogen (secondary N) is 1. The fraction of sp³-hybridized carbons (Fsp3) is 0.154. The van der Waals surface area contributed by atoms with Crippen LogP contribution in [0.1, 0.15) is 5.01 Å². The molecule has 0 atom stereocenters. The molecule has 2 heterocycles. The third kappa shape index (κ3) is 1.97. The molecular weight excluding hydrogens is 232 g/mol. The number of aromatic nitrogens is 1. The van der Waals surface area contributed by atoms with Crippen LogP contribution in [0.3, 0.4) is 0 Å². The molecule has 0 radical (unpaired) electrons. The molecule has 0 fully saturated rings. The first-order valence-corrected chi connectivity index (χ1v) is 6.33. The Morgan fingerprint density at radius 3 is 3.06 bits per heavy atom. The van der Waals surface area contributed by atoms with Crippen molar-refractivity contribution in [1.82, 2.24) is 10.3 Å². The van der Waals surface area contributed by atoms with Crippen molar-refractivity contribution < 1.29 is 4.42 Å². The molecule has 3 rings (SSSR count). The molecule has 0 aliphatic carbocycles. The van der Waals surface area contributed by atoms with E-state index < -0.39 is 0 Å². The number of fused-ring (bicyclic) bond motifs is 1. The van der Waals surface area contributed by atoms with Gasteiger partial charge in [-0.05, 0) is 19.2 Å². The van der Waals surface area contributed by atoms with E-state index in [1.165, 1.54) is 0 Å². The van der Waals surface area contributed by atoms with Crippen molar-refractivity contribution in [2.24, 2.45) is 0 Å². The number of hydrogen-bond donors (Lipinski definition) is 1. The molecule has 17 heavy (non-hydrogen) atoms. The number of thiazole rings is 1. The summed E-state index contributed by atoms with van der Waals surface area (Å²) in [6.45, 7) is 0.797.